The maximum Gasteiger partial charge on any atom is 0.347 e. The van der Waals surface area contributed by atoms with Crippen LogP contribution in [0, 0.1) is 29.9 Å². The zero-order chi connectivity index (χ0) is 43.6. The topological polar surface area (TPSA) is 153 Å². The molecule has 12 nitrogen and oxygen atoms in total. The second-order valence-corrected chi connectivity index (χ2v) is 15.1. The Morgan fingerprint density at radius 2 is 1.77 bits per heavy atom. The molecule has 0 saturated carbocycles. The molecule has 0 aliphatic carbocycles. The van der Waals surface area contributed by atoms with E-state index in [1.54, 1.807) is 19.2 Å². The molecule has 5 aromatic rings. The van der Waals surface area contributed by atoms with Gasteiger partial charge in [0.2, 0.25) is 0 Å². The van der Waals surface area contributed by atoms with Crippen molar-refractivity contribution in [1.29, 1.82) is 0 Å². The number of halogens is 3. The van der Waals surface area contributed by atoms with Crippen LogP contribution in [0.1, 0.15) is 64.5 Å². The highest BCUT2D eigenvalue weighted by molar-refractivity contribution is 6.03. The van der Waals surface area contributed by atoms with E-state index in [0.29, 0.717) is 49.2 Å². The summed E-state index contributed by atoms with van der Waals surface area (Å²) in [5.41, 5.74) is 6.40. The minimum atomic E-state index is -0.862. The van der Waals surface area contributed by atoms with Crippen molar-refractivity contribution in [2.24, 2.45) is 11.7 Å². The molecule has 5 heterocycles. The van der Waals surface area contributed by atoms with Gasteiger partial charge in [0.15, 0.2) is 5.82 Å². The molecule has 0 bridgehead atoms. The van der Waals surface area contributed by atoms with E-state index in [1.165, 1.54) is 43.3 Å². The van der Waals surface area contributed by atoms with Crippen molar-refractivity contribution < 1.29 is 37.0 Å². The van der Waals surface area contributed by atoms with Crippen molar-refractivity contribution in [3.63, 3.8) is 0 Å². The molecule has 0 radical (unpaired) electrons. The molecule has 4 atom stereocenters. The first-order chi connectivity index (χ1) is 28.9. The van der Waals surface area contributed by atoms with Crippen molar-refractivity contribution in [3.05, 3.63) is 88.0 Å². The molecule has 3 fully saturated rings. The van der Waals surface area contributed by atoms with Gasteiger partial charge in [-0.05, 0) is 86.4 Å². The Morgan fingerprint density at radius 1 is 1.05 bits per heavy atom. The third-order valence-corrected chi connectivity index (χ3v) is 10.7. The second-order valence-electron chi connectivity index (χ2n) is 15.1. The number of hydrogen-bond donors (Lipinski definition) is 2. The van der Waals surface area contributed by atoms with Crippen LogP contribution in [-0.2, 0) is 20.9 Å². The summed E-state index contributed by atoms with van der Waals surface area (Å²) in [6.07, 6.45) is 10.5. The second kappa shape index (κ2) is 20.4. The highest BCUT2D eigenvalue weighted by Crippen LogP contribution is 2.40. The number of nitrogens with two attached hydrogens (primary N) is 1. The standard InChI is InChI=1S/C26H21F2N5O3.C9H10O3.C8H14FN.C2H6/c1-3-17-20(27)5-4-14-7-16(36-12-34)8-18(21(14)17)23-22(28)24-19(9-30-23)25(32-26(35)31-24)33-10-13(2)6-15(29)11-33;1-11-6-8-2-4-9(5-3-8)12-7-10;1-8-3-2-4-10(8)6-7(9)5-8;1-2/h1,4-5,7-9,12-13,15H,6,10-11,29H2,2H3,(H,31,32,35);2-5,7H,6H2,1H3;7H,2-6H2,1H3;1-2H3/t;;7-,8+;/m..1./s1. The van der Waals surface area contributed by atoms with Gasteiger partial charge in [0.1, 0.15) is 35.0 Å². The molecule has 0 spiro atoms. The van der Waals surface area contributed by atoms with Crippen molar-refractivity contribution in [3.8, 4) is 35.1 Å². The molecular formula is C45H51F3N6O6. The molecular weight excluding hydrogens is 778 g/mol. The lowest BCUT2D eigenvalue weighted by molar-refractivity contribution is -0.121. The first-order valence-electron chi connectivity index (χ1n) is 19.9. The number of anilines is 1. The fraction of sp³-hybridized carbons (Fsp3) is 0.400. The number of carbonyl (C=O) groups excluding carboxylic acids is 2. The van der Waals surface area contributed by atoms with Gasteiger partial charge in [-0.1, -0.05) is 44.9 Å². The SMILES string of the molecule is C#Cc1c(F)ccc2cc(OC=O)cc(-c3ncc4c(N5CC(C)CC(N)C5)nc(=O)[nH]c4c3F)c12.CC.COCc1ccc(OC=O)cc1.C[C@@]12CCCN1C[C@H](F)C2. The Kier molecular flexibility index (Phi) is 15.4. The number of rotatable bonds is 8. The van der Waals surface area contributed by atoms with E-state index in [9.17, 15) is 23.2 Å². The fourth-order valence-corrected chi connectivity index (χ4v) is 8.23. The normalized spacial score (nSPS) is 20.7. The molecule has 3 aromatic carbocycles. The summed E-state index contributed by atoms with van der Waals surface area (Å²) in [4.78, 5) is 48.4. The van der Waals surface area contributed by atoms with E-state index in [2.05, 4.69) is 37.4 Å². The van der Waals surface area contributed by atoms with Gasteiger partial charge in [-0.15, -0.1) is 6.42 Å². The number of aromatic nitrogens is 3. The average molecular weight is 829 g/mol. The molecule has 318 valence electrons. The van der Waals surface area contributed by atoms with Crippen LogP contribution in [0.3, 0.4) is 0 Å². The van der Waals surface area contributed by atoms with Gasteiger partial charge in [-0.25, -0.2) is 18.0 Å². The van der Waals surface area contributed by atoms with Crippen LogP contribution in [0.2, 0.25) is 0 Å². The highest BCUT2D eigenvalue weighted by atomic mass is 19.1. The number of hydrogen-bond acceptors (Lipinski definition) is 11. The smallest absolute Gasteiger partial charge is 0.347 e. The van der Waals surface area contributed by atoms with Crippen molar-refractivity contribution in [1.82, 2.24) is 19.9 Å². The number of terminal acetylenes is 1. The number of nitrogens with one attached hydrogen (secondary N) is 1. The van der Waals surface area contributed by atoms with E-state index in [-0.39, 0.29) is 63.3 Å². The van der Waals surface area contributed by atoms with E-state index in [0.717, 1.165) is 24.9 Å². The number of ether oxygens (including phenoxy) is 3. The molecule has 3 saturated heterocycles. The monoisotopic (exact) mass is 828 g/mol. The summed E-state index contributed by atoms with van der Waals surface area (Å²) in [7, 11) is 1.63. The van der Waals surface area contributed by atoms with Crippen LogP contribution >= 0.6 is 0 Å². The molecule has 60 heavy (non-hydrogen) atoms. The van der Waals surface area contributed by atoms with Crippen LogP contribution in [0.5, 0.6) is 11.5 Å². The number of alkyl halides is 1. The molecule has 8 rings (SSSR count). The number of benzene rings is 3. The van der Waals surface area contributed by atoms with Gasteiger partial charge in [0.25, 0.3) is 12.9 Å². The third kappa shape index (κ3) is 10.3. The zero-order valence-electron chi connectivity index (χ0n) is 34.5. The number of nitrogens with zero attached hydrogens (tertiary/aromatic N) is 4. The number of aromatic amines is 1. The summed E-state index contributed by atoms with van der Waals surface area (Å²) in [5, 5.41) is 0.930. The van der Waals surface area contributed by atoms with Crippen LogP contribution in [0.25, 0.3) is 32.9 Å². The fourth-order valence-electron chi connectivity index (χ4n) is 8.23. The maximum atomic E-state index is 16.1. The largest absolute Gasteiger partial charge is 0.429 e. The van der Waals surface area contributed by atoms with Crippen molar-refractivity contribution >= 4 is 40.4 Å². The van der Waals surface area contributed by atoms with Crippen LogP contribution in [0.4, 0.5) is 19.0 Å². The summed E-state index contributed by atoms with van der Waals surface area (Å²) in [6, 6.07) is 12.5. The molecule has 3 N–H and O–H groups in total. The van der Waals surface area contributed by atoms with Gasteiger partial charge < -0.3 is 29.8 Å². The van der Waals surface area contributed by atoms with Gasteiger partial charge in [-0.3, -0.25) is 19.5 Å². The number of piperidine rings is 1. The lowest BCUT2D eigenvalue weighted by Crippen LogP contribution is -2.47. The molecule has 3 aliphatic rings. The predicted octanol–water partition coefficient (Wildman–Crippen LogP) is 7.08. The first kappa shape index (κ1) is 45.3. The Labute approximate surface area is 347 Å². The molecule has 3 aliphatic heterocycles. The summed E-state index contributed by atoms with van der Waals surface area (Å²) in [5.74, 6) is 1.94. The van der Waals surface area contributed by atoms with Gasteiger partial charge >= 0.3 is 5.69 Å². The number of H-pyrrole nitrogens is 1. The average Bonchev–Trinajstić information content (AvgIpc) is 3.72. The van der Waals surface area contributed by atoms with Crippen LogP contribution < -0.4 is 25.8 Å². The van der Waals surface area contributed by atoms with Gasteiger partial charge in [0.05, 0.1) is 23.1 Å². The molecule has 0 amide bonds. The highest BCUT2D eigenvalue weighted by Gasteiger charge is 2.44. The summed E-state index contributed by atoms with van der Waals surface area (Å²) in [6.45, 7) is 12.3. The summed E-state index contributed by atoms with van der Waals surface area (Å²) < 4.78 is 58.0. The lowest BCUT2D eigenvalue weighted by Gasteiger charge is -2.35. The van der Waals surface area contributed by atoms with Gasteiger partial charge in [-0.2, -0.15) is 4.98 Å². The molecule has 2 aromatic heterocycles. The minimum Gasteiger partial charge on any atom is -0.429 e. The third-order valence-electron chi connectivity index (χ3n) is 10.7. The van der Waals surface area contributed by atoms with E-state index in [4.69, 9.17) is 21.6 Å². The Bertz CT molecular complexity index is 2380. The van der Waals surface area contributed by atoms with E-state index >= 15 is 4.39 Å². The van der Waals surface area contributed by atoms with Crippen LogP contribution in [0.15, 0.2) is 59.5 Å². The first-order valence-corrected chi connectivity index (χ1v) is 19.9. The zero-order valence-corrected chi connectivity index (χ0v) is 34.5. The van der Waals surface area contributed by atoms with Gasteiger partial charge in [0, 0.05) is 55.5 Å². The maximum absolute atomic E-state index is 16.1. The van der Waals surface area contributed by atoms with Crippen molar-refractivity contribution in [2.75, 3.05) is 38.2 Å². The number of pyridine rings is 1. The predicted molar refractivity (Wildman–Crippen MR) is 226 cm³/mol. The minimum absolute atomic E-state index is 0.0866. The number of fused-ring (bicyclic) bond motifs is 3. The summed E-state index contributed by atoms with van der Waals surface area (Å²) >= 11 is 0. The lowest BCUT2D eigenvalue weighted by atomic mass is 9.95. The van der Waals surface area contributed by atoms with Crippen molar-refractivity contribution in [2.45, 2.75) is 77.7 Å². The molecule has 15 heteroatoms. The number of methoxy groups -OCH3 is 1. The van der Waals surface area contributed by atoms with E-state index in [1.807, 2.05) is 37.8 Å². The van der Waals surface area contributed by atoms with Crippen LogP contribution in [-0.4, -0.2) is 83.8 Å². The Morgan fingerprint density at radius 3 is 2.42 bits per heavy atom. The Balaban J connectivity index is 0.000000230. The Hall–Kier alpha value is -5.82. The van der Waals surface area contributed by atoms with E-state index < -0.39 is 23.5 Å². The number of carbonyl (C=O) groups is 2. The quantitative estimate of drug-likeness (QED) is 0.122. The molecule has 2 unspecified atom stereocenters.